The lowest BCUT2D eigenvalue weighted by Gasteiger charge is -2.05. The van der Waals surface area contributed by atoms with Gasteiger partial charge in [-0.25, -0.2) is 0 Å². The van der Waals surface area contributed by atoms with E-state index in [0.717, 1.165) is 12.3 Å². The van der Waals surface area contributed by atoms with Gasteiger partial charge in [-0.05, 0) is 42.8 Å². The van der Waals surface area contributed by atoms with E-state index in [4.69, 9.17) is 4.74 Å². The van der Waals surface area contributed by atoms with Crippen LogP contribution in [0.3, 0.4) is 0 Å². The van der Waals surface area contributed by atoms with Gasteiger partial charge in [-0.3, -0.25) is 0 Å². The Labute approximate surface area is 125 Å². The molecule has 0 fully saturated rings. The minimum Gasteiger partial charge on any atom is -0.497 e. The molecule has 2 aromatic carbocycles. The smallest absolute Gasteiger partial charge is 0.119 e. The number of aromatic nitrogens is 1. The quantitative estimate of drug-likeness (QED) is 0.665. The third-order valence-corrected chi connectivity index (χ3v) is 3.70. The van der Waals surface area contributed by atoms with Crippen LogP contribution in [0.4, 0.5) is 0 Å². The number of methoxy groups -OCH3 is 1. The molecule has 0 saturated heterocycles. The lowest BCUT2D eigenvalue weighted by atomic mass is 10.2. The molecule has 2 heteroatoms. The van der Waals surface area contributed by atoms with Crippen molar-refractivity contribution in [3.63, 3.8) is 0 Å². The highest BCUT2D eigenvalue weighted by Crippen LogP contribution is 2.25. The Hall–Kier alpha value is -2.48. The van der Waals surface area contributed by atoms with E-state index in [1.54, 1.807) is 7.11 Å². The lowest BCUT2D eigenvalue weighted by Crippen LogP contribution is -1.95. The first kappa shape index (κ1) is 13.5. The highest BCUT2D eigenvalue weighted by atomic mass is 16.5. The molecule has 0 amide bonds. The molecule has 0 unspecified atom stereocenters. The molecule has 1 heterocycles. The van der Waals surface area contributed by atoms with E-state index in [1.807, 2.05) is 12.1 Å². The van der Waals surface area contributed by atoms with Gasteiger partial charge in [0.15, 0.2) is 0 Å². The minimum absolute atomic E-state index is 0.898. The van der Waals surface area contributed by atoms with Crippen LogP contribution in [0.25, 0.3) is 23.1 Å². The summed E-state index contributed by atoms with van der Waals surface area (Å²) in [6, 6.07) is 18.8. The van der Waals surface area contributed by atoms with E-state index in [2.05, 4.69) is 66.1 Å². The molecule has 0 atom stereocenters. The highest BCUT2D eigenvalue weighted by Gasteiger charge is 2.06. The molecular weight excluding hydrogens is 258 g/mol. The predicted molar refractivity (Wildman–Crippen MR) is 89.5 cm³/mol. The third-order valence-electron chi connectivity index (χ3n) is 3.70. The topological polar surface area (TPSA) is 14.2 Å². The Morgan fingerprint density at radius 2 is 1.81 bits per heavy atom. The van der Waals surface area contributed by atoms with Gasteiger partial charge in [-0.1, -0.05) is 36.4 Å². The SMILES string of the molecule is CCn1c(C=Cc2ccccc2)cc2cc(OC)ccc21. The largest absolute Gasteiger partial charge is 0.497 e. The lowest BCUT2D eigenvalue weighted by molar-refractivity contribution is 0.415. The summed E-state index contributed by atoms with van der Waals surface area (Å²) in [6.45, 7) is 3.12. The zero-order valence-electron chi connectivity index (χ0n) is 12.4. The number of nitrogens with zero attached hydrogens (tertiary/aromatic N) is 1. The van der Waals surface area contributed by atoms with Crippen molar-refractivity contribution in [3.8, 4) is 5.75 Å². The Morgan fingerprint density at radius 1 is 1.00 bits per heavy atom. The molecule has 0 bridgehead atoms. The van der Waals surface area contributed by atoms with Crippen molar-refractivity contribution in [3.05, 3.63) is 65.9 Å². The fourth-order valence-electron chi connectivity index (χ4n) is 2.63. The monoisotopic (exact) mass is 277 g/mol. The van der Waals surface area contributed by atoms with Crippen LogP contribution in [0, 0.1) is 0 Å². The number of ether oxygens (including phenoxy) is 1. The van der Waals surface area contributed by atoms with E-state index in [0.29, 0.717) is 0 Å². The van der Waals surface area contributed by atoms with Gasteiger partial charge >= 0.3 is 0 Å². The van der Waals surface area contributed by atoms with Gasteiger partial charge in [-0.2, -0.15) is 0 Å². The molecule has 0 spiro atoms. The first-order valence-corrected chi connectivity index (χ1v) is 7.22. The summed E-state index contributed by atoms with van der Waals surface area (Å²) in [7, 11) is 1.70. The first-order chi connectivity index (χ1) is 10.3. The number of rotatable bonds is 4. The molecular formula is C19H19NO. The molecule has 0 aliphatic rings. The molecule has 3 aromatic rings. The van der Waals surface area contributed by atoms with Crippen molar-refractivity contribution in [1.29, 1.82) is 0 Å². The van der Waals surface area contributed by atoms with E-state index >= 15 is 0 Å². The fraction of sp³-hybridized carbons (Fsp3) is 0.158. The van der Waals surface area contributed by atoms with Crippen molar-refractivity contribution in [2.24, 2.45) is 0 Å². The van der Waals surface area contributed by atoms with E-state index in [9.17, 15) is 0 Å². The molecule has 0 N–H and O–H groups in total. The van der Waals surface area contributed by atoms with Crippen LogP contribution in [-0.4, -0.2) is 11.7 Å². The maximum absolute atomic E-state index is 5.31. The van der Waals surface area contributed by atoms with Crippen molar-refractivity contribution >= 4 is 23.1 Å². The summed E-state index contributed by atoms with van der Waals surface area (Å²) in [6.07, 6.45) is 4.32. The summed E-state index contributed by atoms with van der Waals surface area (Å²) in [5.41, 5.74) is 3.67. The average Bonchev–Trinajstić information content (AvgIpc) is 2.90. The highest BCUT2D eigenvalue weighted by molar-refractivity contribution is 5.86. The van der Waals surface area contributed by atoms with Gasteiger partial charge in [0.1, 0.15) is 5.75 Å². The van der Waals surface area contributed by atoms with Crippen molar-refractivity contribution < 1.29 is 4.74 Å². The van der Waals surface area contributed by atoms with Crippen molar-refractivity contribution in [1.82, 2.24) is 4.57 Å². The summed E-state index contributed by atoms with van der Waals surface area (Å²) >= 11 is 0. The third kappa shape index (κ3) is 2.70. The molecule has 21 heavy (non-hydrogen) atoms. The normalized spacial score (nSPS) is 11.3. The zero-order chi connectivity index (χ0) is 14.7. The van der Waals surface area contributed by atoms with Crippen LogP contribution in [-0.2, 0) is 6.54 Å². The van der Waals surface area contributed by atoms with E-state index in [-0.39, 0.29) is 0 Å². The molecule has 3 rings (SSSR count). The van der Waals surface area contributed by atoms with Gasteiger partial charge in [0.25, 0.3) is 0 Å². The fourth-order valence-corrected chi connectivity index (χ4v) is 2.63. The first-order valence-electron chi connectivity index (χ1n) is 7.22. The maximum Gasteiger partial charge on any atom is 0.119 e. The van der Waals surface area contributed by atoms with E-state index < -0.39 is 0 Å². The molecule has 1 aromatic heterocycles. The van der Waals surface area contributed by atoms with Crippen LogP contribution in [0.15, 0.2) is 54.6 Å². The number of hydrogen-bond acceptors (Lipinski definition) is 1. The second kappa shape index (κ2) is 5.88. The minimum atomic E-state index is 0.898. The Kier molecular flexibility index (Phi) is 3.78. The second-order valence-electron chi connectivity index (χ2n) is 4.98. The summed E-state index contributed by atoms with van der Waals surface area (Å²) < 4.78 is 7.62. The van der Waals surface area contributed by atoms with Crippen molar-refractivity contribution in [2.75, 3.05) is 7.11 Å². The Morgan fingerprint density at radius 3 is 2.52 bits per heavy atom. The van der Waals surface area contributed by atoms with Crippen LogP contribution in [0.2, 0.25) is 0 Å². The number of aryl methyl sites for hydroxylation is 1. The van der Waals surface area contributed by atoms with Crippen LogP contribution in [0.5, 0.6) is 5.75 Å². The molecule has 0 radical (unpaired) electrons. The Balaban J connectivity index is 2.03. The van der Waals surface area contributed by atoms with Gasteiger partial charge in [-0.15, -0.1) is 0 Å². The van der Waals surface area contributed by atoms with Gasteiger partial charge in [0.05, 0.1) is 7.11 Å². The van der Waals surface area contributed by atoms with Crippen molar-refractivity contribution in [2.45, 2.75) is 13.5 Å². The van der Waals surface area contributed by atoms with Gasteiger partial charge in [0.2, 0.25) is 0 Å². The summed E-state index contributed by atoms with van der Waals surface area (Å²) in [5.74, 6) is 0.898. The number of hydrogen-bond donors (Lipinski definition) is 0. The predicted octanol–water partition coefficient (Wildman–Crippen LogP) is 4.84. The Bertz CT molecular complexity index is 769. The second-order valence-corrected chi connectivity index (χ2v) is 4.98. The number of benzene rings is 2. The molecule has 0 aliphatic carbocycles. The van der Waals surface area contributed by atoms with Gasteiger partial charge in [0, 0.05) is 23.1 Å². The van der Waals surface area contributed by atoms with Crippen LogP contribution in [0.1, 0.15) is 18.2 Å². The molecule has 0 saturated carbocycles. The molecule has 106 valence electrons. The maximum atomic E-state index is 5.31. The standard InChI is InChI=1S/C19H19NO/c1-3-20-17(10-9-15-7-5-4-6-8-15)13-16-14-18(21-2)11-12-19(16)20/h4-14H,3H2,1-2H3. The number of fused-ring (bicyclic) bond motifs is 1. The van der Waals surface area contributed by atoms with E-state index in [1.165, 1.54) is 22.2 Å². The zero-order valence-corrected chi connectivity index (χ0v) is 12.4. The molecule has 0 aliphatic heterocycles. The molecule has 2 nitrogen and oxygen atoms in total. The van der Waals surface area contributed by atoms with Crippen LogP contribution < -0.4 is 4.74 Å². The van der Waals surface area contributed by atoms with Gasteiger partial charge < -0.3 is 9.30 Å². The van der Waals surface area contributed by atoms with Crippen LogP contribution >= 0.6 is 0 Å². The average molecular weight is 277 g/mol. The summed E-state index contributed by atoms with van der Waals surface area (Å²) in [4.78, 5) is 0. The summed E-state index contributed by atoms with van der Waals surface area (Å²) in [5, 5.41) is 1.21.